The number of halogens is 2. The van der Waals surface area contributed by atoms with E-state index in [0.717, 1.165) is 25.8 Å². The molecule has 0 aliphatic rings. The van der Waals surface area contributed by atoms with Crippen LogP contribution in [0, 0.1) is 0 Å². The second-order valence-corrected chi connectivity index (χ2v) is 5.85. The summed E-state index contributed by atoms with van der Waals surface area (Å²) in [5, 5.41) is 0.794. The van der Waals surface area contributed by atoms with Crippen LogP contribution in [0.1, 0.15) is 5.56 Å². The van der Waals surface area contributed by atoms with E-state index in [1.807, 2.05) is 36.4 Å². The summed E-state index contributed by atoms with van der Waals surface area (Å²) in [5.74, 6) is 0.862. The third-order valence-corrected chi connectivity index (χ3v) is 4.60. The number of hydrogen-bond acceptors (Lipinski definition) is 2. The van der Waals surface area contributed by atoms with E-state index in [4.69, 9.17) is 17.3 Å². The topological polar surface area (TPSA) is 26.0 Å². The zero-order valence-corrected chi connectivity index (χ0v) is 12.1. The Morgan fingerprint density at radius 3 is 2.65 bits per heavy atom. The van der Waals surface area contributed by atoms with Crippen LogP contribution in [0.2, 0.25) is 5.02 Å². The lowest BCUT2D eigenvalue weighted by molar-refractivity contribution is 1.38. The van der Waals surface area contributed by atoms with Crippen LogP contribution >= 0.6 is 39.3 Å². The molecular weight excluding hydrogens is 318 g/mol. The van der Waals surface area contributed by atoms with E-state index in [-0.39, 0.29) is 0 Å². The molecule has 2 rings (SSSR count). The normalized spacial score (nSPS) is 10.5. The van der Waals surface area contributed by atoms with Gasteiger partial charge in [0.25, 0.3) is 0 Å². The van der Waals surface area contributed by atoms with Crippen LogP contribution in [0.15, 0.2) is 51.8 Å². The highest BCUT2D eigenvalue weighted by Gasteiger charge is 2.02. The largest absolute Gasteiger partial charge is 0.398 e. The molecule has 1 nitrogen and oxygen atoms in total. The average Bonchev–Trinajstić information content (AvgIpc) is 2.32. The van der Waals surface area contributed by atoms with Gasteiger partial charge in [-0.2, -0.15) is 0 Å². The van der Waals surface area contributed by atoms with Gasteiger partial charge in [-0.05, 0) is 45.8 Å². The van der Waals surface area contributed by atoms with Gasteiger partial charge in [0.1, 0.15) is 0 Å². The maximum absolute atomic E-state index is 6.09. The summed E-state index contributed by atoms with van der Waals surface area (Å²) in [7, 11) is 0. The number of rotatable bonds is 3. The first-order valence-corrected chi connectivity index (χ1v) is 7.23. The van der Waals surface area contributed by atoms with Crippen LogP contribution < -0.4 is 5.73 Å². The quantitative estimate of drug-likeness (QED) is 0.635. The van der Waals surface area contributed by atoms with Gasteiger partial charge in [-0.1, -0.05) is 29.8 Å². The predicted molar refractivity (Wildman–Crippen MR) is 79.6 cm³/mol. The van der Waals surface area contributed by atoms with Crippen LogP contribution in [0.3, 0.4) is 0 Å². The molecule has 0 spiro atoms. The van der Waals surface area contributed by atoms with Gasteiger partial charge in [-0.25, -0.2) is 0 Å². The Hall–Kier alpha value is -0.640. The molecule has 17 heavy (non-hydrogen) atoms. The Bertz CT molecular complexity index is 531. The highest BCUT2D eigenvalue weighted by atomic mass is 79.9. The van der Waals surface area contributed by atoms with E-state index in [1.54, 1.807) is 11.8 Å². The van der Waals surface area contributed by atoms with E-state index < -0.39 is 0 Å². The van der Waals surface area contributed by atoms with Crippen molar-refractivity contribution in [2.75, 3.05) is 5.73 Å². The van der Waals surface area contributed by atoms with E-state index >= 15 is 0 Å². The first-order chi connectivity index (χ1) is 8.16. The van der Waals surface area contributed by atoms with Crippen LogP contribution in [0.4, 0.5) is 5.69 Å². The van der Waals surface area contributed by atoms with Gasteiger partial charge in [0.2, 0.25) is 0 Å². The molecule has 88 valence electrons. The monoisotopic (exact) mass is 327 g/mol. The van der Waals surface area contributed by atoms with Gasteiger partial charge < -0.3 is 5.73 Å². The molecule has 0 radical (unpaired) electrons. The zero-order valence-electron chi connectivity index (χ0n) is 8.99. The average molecular weight is 329 g/mol. The van der Waals surface area contributed by atoms with Gasteiger partial charge in [0.05, 0.1) is 5.02 Å². The standard InChI is InChI=1S/C13H11BrClNS/c14-10-6-5-9(7-12(10)16)8-17-13-4-2-1-3-11(13)15/h1-7H,8,16H2. The number of nitrogens with two attached hydrogens (primary N) is 1. The van der Waals surface area contributed by atoms with Crippen molar-refractivity contribution in [3.63, 3.8) is 0 Å². The van der Waals surface area contributed by atoms with Crippen molar-refractivity contribution >= 4 is 45.0 Å². The Morgan fingerprint density at radius 2 is 1.94 bits per heavy atom. The predicted octanol–water partition coefficient (Wildman–Crippen LogP) is 4.98. The number of benzene rings is 2. The molecule has 0 saturated heterocycles. The van der Waals surface area contributed by atoms with Crippen LogP contribution in [0.5, 0.6) is 0 Å². The summed E-state index contributed by atoms with van der Waals surface area (Å²) in [6.07, 6.45) is 0. The molecule has 0 aliphatic carbocycles. The number of thioether (sulfide) groups is 1. The first-order valence-electron chi connectivity index (χ1n) is 5.08. The summed E-state index contributed by atoms with van der Waals surface area (Å²) >= 11 is 11.2. The molecule has 0 heterocycles. The second-order valence-electron chi connectivity index (χ2n) is 3.57. The highest BCUT2D eigenvalue weighted by molar-refractivity contribution is 9.10. The van der Waals surface area contributed by atoms with Crippen molar-refractivity contribution in [2.24, 2.45) is 0 Å². The minimum absolute atomic E-state index is 0.766. The first kappa shape index (κ1) is 12.8. The molecule has 2 aromatic carbocycles. The summed E-state index contributed by atoms with van der Waals surface area (Å²) in [5.41, 5.74) is 7.79. The van der Waals surface area contributed by atoms with Gasteiger partial charge in [-0.15, -0.1) is 11.8 Å². The summed E-state index contributed by atoms with van der Waals surface area (Å²) < 4.78 is 0.934. The minimum Gasteiger partial charge on any atom is -0.398 e. The molecule has 0 atom stereocenters. The Kier molecular flexibility index (Phi) is 4.37. The maximum atomic E-state index is 6.09. The van der Waals surface area contributed by atoms with E-state index in [0.29, 0.717) is 0 Å². The molecule has 0 saturated carbocycles. The highest BCUT2D eigenvalue weighted by Crippen LogP contribution is 2.30. The Morgan fingerprint density at radius 1 is 1.18 bits per heavy atom. The van der Waals surface area contributed by atoms with Crippen molar-refractivity contribution in [3.05, 3.63) is 57.5 Å². The molecule has 0 fully saturated rings. The van der Waals surface area contributed by atoms with Crippen molar-refractivity contribution < 1.29 is 0 Å². The summed E-state index contributed by atoms with van der Waals surface area (Å²) in [6.45, 7) is 0. The van der Waals surface area contributed by atoms with Crippen LogP contribution in [0.25, 0.3) is 0 Å². The fraction of sp³-hybridized carbons (Fsp3) is 0.0769. The summed E-state index contributed by atoms with van der Waals surface area (Å²) in [4.78, 5) is 1.09. The third-order valence-electron chi connectivity index (χ3n) is 2.29. The maximum Gasteiger partial charge on any atom is 0.0541 e. The van der Waals surface area contributed by atoms with Gasteiger partial charge in [0, 0.05) is 20.8 Å². The minimum atomic E-state index is 0.766. The smallest absolute Gasteiger partial charge is 0.0541 e. The number of anilines is 1. The Labute approximate surface area is 118 Å². The van der Waals surface area contributed by atoms with Crippen molar-refractivity contribution in [1.29, 1.82) is 0 Å². The lowest BCUT2D eigenvalue weighted by atomic mass is 10.2. The van der Waals surface area contributed by atoms with Crippen LogP contribution in [-0.2, 0) is 5.75 Å². The van der Waals surface area contributed by atoms with Gasteiger partial charge in [-0.3, -0.25) is 0 Å². The molecule has 2 aromatic rings. The molecule has 2 N–H and O–H groups in total. The lowest BCUT2D eigenvalue weighted by Gasteiger charge is -2.05. The second kappa shape index (κ2) is 5.80. The van der Waals surface area contributed by atoms with E-state index in [9.17, 15) is 0 Å². The zero-order chi connectivity index (χ0) is 12.3. The van der Waals surface area contributed by atoms with Gasteiger partial charge in [0.15, 0.2) is 0 Å². The Balaban J connectivity index is 2.08. The number of nitrogen functional groups attached to an aromatic ring is 1. The SMILES string of the molecule is Nc1cc(CSc2ccccc2Cl)ccc1Br. The van der Waals surface area contributed by atoms with Crippen molar-refractivity contribution in [2.45, 2.75) is 10.6 Å². The lowest BCUT2D eigenvalue weighted by Crippen LogP contribution is -1.89. The van der Waals surface area contributed by atoms with Crippen molar-refractivity contribution in [3.8, 4) is 0 Å². The number of hydrogen-bond donors (Lipinski definition) is 1. The van der Waals surface area contributed by atoms with Crippen molar-refractivity contribution in [1.82, 2.24) is 0 Å². The molecule has 0 unspecified atom stereocenters. The molecule has 0 bridgehead atoms. The molecule has 4 heteroatoms. The fourth-order valence-electron chi connectivity index (χ4n) is 1.41. The third kappa shape index (κ3) is 3.41. The fourth-order valence-corrected chi connectivity index (χ4v) is 2.83. The van der Waals surface area contributed by atoms with E-state index in [2.05, 4.69) is 22.0 Å². The molecule has 0 amide bonds. The molecule has 0 aliphatic heterocycles. The van der Waals surface area contributed by atoms with Gasteiger partial charge >= 0.3 is 0 Å². The van der Waals surface area contributed by atoms with Crippen LogP contribution in [-0.4, -0.2) is 0 Å². The van der Waals surface area contributed by atoms with E-state index in [1.165, 1.54) is 5.56 Å². The molecule has 0 aromatic heterocycles. The summed E-state index contributed by atoms with van der Waals surface area (Å²) in [6, 6.07) is 13.9. The molecular formula is C13H11BrClNS.